The van der Waals surface area contributed by atoms with Crippen molar-refractivity contribution < 1.29 is 32.6 Å². The monoisotopic (exact) mass is 919 g/mol. The first kappa shape index (κ1) is 46.7. The largest absolute Gasteiger partial charge is 0.497 e. The number of aromatic amines is 1. The van der Waals surface area contributed by atoms with Gasteiger partial charge in [0.15, 0.2) is 11.2 Å². The second-order valence-corrected chi connectivity index (χ2v) is 17.6. The molecule has 0 saturated heterocycles. The Kier molecular flexibility index (Phi) is 14.8. The molecule has 8 aromatic rings. The number of aromatic nitrogens is 4. The number of H-pyrrole nitrogens is 1. The van der Waals surface area contributed by atoms with Gasteiger partial charge in [-0.1, -0.05) is 146 Å². The molecule has 0 spiro atoms. The lowest BCUT2D eigenvalue weighted by Gasteiger charge is -2.37. The zero-order valence-corrected chi connectivity index (χ0v) is 38.8. The summed E-state index contributed by atoms with van der Waals surface area (Å²) in [6, 6.07) is 55.4. The smallest absolute Gasteiger partial charge is 0.356 e. The van der Waals surface area contributed by atoms with Crippen LogP contribution in [0.5, 0.6) is 11.5 Å². The fraction of sp³-hybridized carbons (Fsp3) is 0.226. The number of hydrogen-bond acceptors (Lipinski definition) is 11. The van der Waals surface area contributed by atoms with Crippen LogP contribution >= 0.6 is 7.60 Å². The minimum absolute atomic E-state index is 0.0371. The summed E-state index contributed by atoms with van der Waals surface area (Å²) in [5, 5.41) is 3.68. The van der Waals surface area contributed by atoms with Crippen LogP contribution in [0.1, 0.15) is 47.2 Å². The Labute approximate surface area is 390 Å². The van der Waals surface area contributed by atoms with Crippen LogP contribution in [-0.2, 0) is 40.8 Å². The van der Waals surface area contributed by atoms with Crippen LogP contribution in [0.3, 0.4) is 0 Å². The minimum Gasteiger partial charge on any atom is -0.497 e. The number of methoxy groups -OCH3 is 2. The molecule has 0 radical (unpaired) electrons. The maximum atomic E-state index is 14.1. The molecule has 0 bridgehead atoms. The van der Waals surface area contributed by atoms with Crippen molar-refractivity contribution in [1.29, 1.82) is 0 Å². The average molecular weight is 920 g/mol. The minimum atomic E-state index is -3.70. The molecule has 2 heterocycles. The molecule has 0 aliphatic rings. The third kappa shape index (κ3) is 9.97. The van der Waals surface area contributed by atoms with Crippen molar-refractivity contribution in [2.45, 2.75) is 37.6 Å². The number of benzene rings is 6. The first-order valence-corrected chi connectivity index (χ1v) is 23.9. The van der Waals surface area contributed by atoms with Gasteiger partial charge in [0, 0.05) is 0 Å². The van der Waals surface area contributed by atoms with Gasteiger partial charge in [-0.15, -0.1) is 0 Å². The Balaban J connectivity index is 1.23. The Bertz CT molecular complexity index is 2830. The van der Waals surface area contributed by atoms with E-state index < -0.39 is 30.4 Å². The van der Waals surface area contributed by atoms with E-state index in [2.05, 4.69) is 15.3 Å². The standard InChI is InChI=1S/C53H54N5O8P/c1-5-65-67(60,66-6-2)38-63-47(36-64-53(42-23-15-9-16-24-42,43-25-17-10-18-26-43)44-29-33-46(62-4)34-30-44)35-58-37-54-48-49(58)55-51(56-50(48)59)57-52(39-19-11-7-12-20-39,40-21-13-8-14-22-40)41-27-31-45(61-3)32-28-41/h7-34,37,47H,5-6,35-36,38H2,1-4H3,(H2,55,56,57,59). The van der Waals surface area contributed by atoms with Crippen molar-refractivity contribution in [2.75, 3.05) is 45.7 Å². The van der Waals surface area contributed by atoms with Crippen LogP contribution < -0.4 is 20.3 Å². The first-order chi connectivity index (χ1) is 32.7. The van der Waals surface area contributed by atoms with Crippen molar-refractivity contribution in [3.05, 3.63) is 220 Å². The van der Waals surface area contributed by atoms with E-state index in [1.807, 2.05) is 170 Å². The first-order valence-electron chi connectivity index (χ1n) is 22.1. The summed E-state index contributed by atoms with van der Waals surface area (Å²) >= 11 is 0. The molecule has 1 atom stereocenters. The number of nitrogens with zero attached hydrogens (tertiary/aromatic N) is 3. The van der Waals surface area contributed by atoms with Crippen molar-refractivity contribution in [1.82, 2.24) is 19.5 Å². The number of hydrogen-bond donors (Lipinski definition) is 2. The van der Waals surface area contributed by atoms with E-state index in [-0.39, 0.29) is 49.8 Å². The molecule has 0 fully saturated rings. The van der Waals surface area contributed by atoms with Gasteiger partial charge in [0.1, 0.15) is 29.0 Å². The summed E-state index contributed by atoms with van der Waals surface area (Å²) in [5.41, 5.74) is 3.02. The molecule has 344 valence electrons. The fourth-order valence-electron chi connectivity index (χ4n) is 8.47. The lowest BCUT2D eigenvalue weighted by molar-refractivity contribution is -0.0633. The van der Waals surface area contributed by atoms with Crippen molar-refractivity contribution in [2.24, 2.45) is 0 Å². The van der Waals surface area contributed by atoms with E-state index in [9.17, 15) is 9.36 Å². The van der Waals surface area contributed by atoms with Gasteiger partial charge in [-0.25, -0.2) is 4.98 Å². The molecule has 0 saturated carbocycles. The Hall–Kier alpha value is -6.86. The van der Waals surface area contributed by atoms with E-state index in [0.717, 1.165) is 33.4 Å². The summed E-state index contributed by atoms with van der Waals surface area (Å²) in [5.74, 6) is 1.59. The normalized spacial score (nSPS) is 12.5. The van der Waals surface area contributed by atoms with Crippen molar-refractivity contribution in [3.8, 4) is 11.5 Å². The SMILES string of the molecule is CCOP(=O)(COC(COC(c1ccccc1)(c1ccccc1)c1ccc(OC)cc1)Cn1cnc2c(=O)[nH]c(NC(c3ccccc3)(c3ccccc3)c3ccc(OC)cc3)nc21)OCC. The van der Waals surface area contributed by atoms with Crippen LogP contribution in [0.15, 0.2) is 181 Å². The number of rotatable bonds is 22. The van der Waals surface area contributed by atoms with E-state index in [1.54, 1.807) is 39.0 Å². The molecular weight excluding hydrogens is 866 g/mol. The molecule has 13 nitrogen and oxygen atoms in total. The van der Waals surface area contributed by atoms with Gasteiger partial charge in [-0.05, 0) is 71.5 Å². The molecule has 67 heavy (non-hydrogen) atoms. The van der Waals surface area contributed by atoms with Gasteiger partial charge < -0.3 is 37.9 Å². The van der Waals surface area contributed by atoms with Gasteiger partial charge in [-0.2, -0.15) is 4.98 Å². The van der Waals surface area contributed by atoms with Crippen LogP contribution in [0.2, 0.25) is 0 Å². The van der Waals surface area contributed by atoms with Gasteiger partial charge in [0.05, 0.1) is 53.0 Å². The molecule has 2 N–H and O–H groups in total. The lowest BCUT2D eigenvalue weighted by Crippen LogP contribution is -2.39. The molecule has 1 unspecified atom stereocenters. The molecule has 14 heteroatoms. The highest BCUT2D eigenvalue weighted by Gasteiger charge is 2.40. The topological polar surface area (TPSA) is 148 Å². The predicted octanol–water partition coefficient (Wildman–Crippen LogP) is 10.2. The number of anilines is 1. The highest BCUT2D eigenvalue weighted by molar-refractivity contribution is 7.53. The molecule has 8 rings (SSSR count). The molecule has 0 amide bonds. The molecule has 2 aromatic heterocycles. The van der Waals surface area contributed by atoms with Crippen LogP contribution in [0, 0.1) is 0 Å². The Morgan fingerprint density at radius 1 is 0.642 bits per heavy atom. The second-order valence-electron chi connectivity index (χ2n) is 15.6. The quantitative estimate of drug-likeness (QED) is 0.0494. The van der Waals surface area contributed by atoms with E-state index >= 15 is 0 Å². The Morgan fingerprint density at radius 3 is 1.57 bits per heavy atom. The molecule has 0 aliphatic heterocycles. The van der Waals surface area contributed by atoms with Gasteiger partial charge in [0.2, 0.25) is 5.95 Å². The fourth-order valence-corrected chi connectivity index (χ4v) is 9.88. The van der Waals surface area contributed by atoms with Gasteiger partial charge >= 0.3 is 7.60 Å². The van der Waals surface area contributed by atoms with Crippen LogP contribution in [0.4, 0.5) is 5.95 Å². The maximum absolute atomic E-state index is 14.1. The van der Waals surface area contributed by atoms with E-state index in [1.165, 1.54) is 0 Å². The third-order valence-electron chi connectivity index (χ3n) is 11.6. The van der Waals surface area contributed by atoms with E-state index in [0.29, 0.717) is 11.5 Å². The van der Waals surface area contributed by atoms with Crippen LogP contribution in [0.25, 0.3) is 11.2 Å². The maximum Gasteiger partial charge on any atom is 0.356 e. The predicted molar refractivity (Wildman–Crippen MR) is 260 cm³/mol. The second kappa shape index (κ2) is 21.2. The lowest BCUT2D eigenvalue weighted by atomic mass is 9.77. The summed E-state index contributed by atoms with van der Waals surface area (Å²) in [6.45, 7) is 3.85. The van der Waals surface area contributed by atoms with Gasteiger partial charge in [-0.3, -0.25) is 14.3 Å². The summed E-state index contributed by atoms with van der Waals surface area (Å²) in [7, 11) is -0.439. The number of nitrogens with one attached hydrogen (secondary N) is 2. The zero-order valence-electron chi connectivity index (χ0n) is 37.9. The number of fused-ring (bicyclic) bond motifs is 1. The molecule has 0 aliphatic carbocycles. The molecular formula is C53H54N5O8P. The number of ether oxygens (including phenoxy) is 4. The highest BCUT2D eigenvalue weighted by Crippen LogP contribution is 2.48. The molecule has 6 aromatic carbocycles. The van der Waals surface area contributed by atoms with Crippen molar-refractivity contribution in [3.63, 3.8) is 0 Å². The zero-order chi connectivity index (χ0) is 46.7. The average Bonchev–Trinajstić information content (AvgIpc) is 3.79. The number of imidazole rings is 1. The summed E-state index contributed by atoms with van der Waals surface area (Å²) in [4.78, 5) is 26.7. The summed E-state index contributed by atoms with van der Waals surface area (Å²) in [6.07, 6.45) is 0.371. The highest BCUT2D eigenvalue weighted by atomic mass is 31.2. The Morgan fingerprint density at radius 2 is 1.09 bits per heavy atom. The van der Waals surface area contributed by atoms with Crippen molar-refractivity contribution >= 4 is 24.7 Å². The van der Waals surface area contributed by atoms with Gasteiger partial charge in [0.25, 0.3) is 5.56 Å². The van der Waals surface area contributed by atoms with Crippen LogP contribution in [-0.4, -0.2) is 66.0 Å². The summed E-state index contributed by atoms with van der Waals surface area (Å²) < 4.78 is 51.9. The third-order valence-corrected chi connectivity index (χ3v) is 13.3. The van der Waals surface area contributed by atoms with E-state index in [4.69, 9.17) is 33.0 Å².